The van der Waals surface area contributed by atoms with Crippen LogP contribution in [0.4, 0.5) is 4.79 Å². The van der Waals surface area contributed by atoms with Crippen LogP contribution in [0.25, 0.3) is 0 Å². The summed E-state index contributed by atoms with van der Waals surface area (Å²) in [6.07, 6.45) is -0.0262. The van der Waals surface area contributed by atoms with Crippen molar-refractivity contribution in [1.82, 2.24) is 0 Å². The molecule has 20 heavy (non-hydrogen) atoms. The molecule has 0 spiro atoms. The van der Waals surface area contributed by atoms with E-state index in [-0.39, 0.29) is 12.7 Å². The highest BCUT2D eigenvalue weighted by Gasteiger charge is 2.17. The first-order valence-electron chi connectivity index (χ1n) is 6.36. The lowest BCUT2D eigenvalue weighted by Gasteiger charge is -2.18. The molecule has 3 N–H and O–H groups in total. The topological polar surface area (TPSA) is 91.0 Å². The average molecular weight is 283 g/mol. The van der Waals surface area contributed by atoms with Crippen molar-refractivity contribution in [3.05, 3.63) is 23.3 Å². The first-order chi connectivity index (χ1) is 9.55. The minimum absolute atomic E-state index is 0.144. The SMILES string of the molecule is CCC(Cc1cc(OC)c(CO)cc1OC)OC(N)=O. The third kappa shape index (κ3) is 4.03. The number of methoxy groups -OCH3 is 2. The lowest BCUT2D eigenvalue weighted by molar-refractivity contribution is 0.104. The number of aliphatic hydroxyl groups is 1. The Morgan fingerprint density at radius 1 is 1.25 bits per heavy atom. The molecular weight excluding hydrogens is 262 g/mol. The molecule has 6 heteroatoms. The number of carbonyl (C=O) groups excluding carboxylic acids is 1. The van der Waals surface area contributed by atoms with E-state index in [0.29, 0.717) is 29.9 Å². The number of hydrogen-bond acceptors (Lipinski definition) is 5. The van der Waals surface area contributed by atoms with Crippen molar-refractivity contribution in [3.63, 3.8) is 0 Å². The largest absolute Gasteiger partial charge is 0.496 e. The lowest BCUT2D eigenvalue weighted by atomic mass is 10.0. The van der Waals surface area contributed by atoms with Gasteiger partial charge in [0.05, 0.1) is 20.8 Å². The monoisotopic (exact) mass is 283 g/mol. The van der Waals surface area contributed by atoms with Gasteiger partial charge in [-0.2, -0.15) is 0 Å². The van der Waals surface area contributed by atoms with Crippen LogP contribution >= 0.6 is 0 Å². The summed E-state index contributed by atoms with van der Waals surface area (Å²) in [5.74, 6) is 1.18. The molecule has 112 valence electrons. The Bertz CT molecular complexity index is 461. The van der Waals surface area contributed by atoms with Gasteiger partial charge in [-0.05, 0) is 18.6 Å². The van der Waals surface area contributed by atoms with Gasteiger partial charge in [-0.3, -0.25) is 0 Å². The molecule has 1 aromatic rings. The molecule has 0 saturated heterocycles. The zero-order chi connectivity index (χ0) is 15.1. The molecule has 1 amide bonds. The molecule has 0 aromatic heterocycles. The quantitative estimate of drug-likeness (QED) is 0.793. The molecule has 0 fully saturated rings. The lowest BCUT2D eigenvalue weighted by Crippen LogP contribution is -2.24. The molecule has 0 aliphatic heterocycles. The van der Waals surface area contributed by atoms with Crippen LogP contribution < -0.4 is 15.2 Å². The number of primary amides is 1. The molecule has 0 heterocycles. The molecule has 0 aliphatic carbocycles. The van der Waals surface area contributed by atoms with Crippen LogP contribution in [0.1, 0.15) is 24.5 Å². The number of aliphatic hydroxyl groups excluding tert-OH is 1. The standard InChI is InChI=1S/C14H21NO5/c1-4-11(20-14(15)17)5-9-6-13(19-3)10(8-16)7-12(9)18-2/h6-7,11,16H,4-5,8H2,1-3H3,(H2,15,17). The zero-order valence-electron chi connectivity index (χ0n) is 12.0. The van der Waals surface area contributed by atoms with E-state index in [0.717, 1.165) is 5.56 Å². The normalized spacial score (nSPS) is 11.8. The number of hydrogen-bond donors (Lipinski definition) is 2. The summed E-state index contributed by atoms with van der Waals surface area (Å²) in [5.41, 5.74) is 6.51. The number of ether oxygens (including phenoxy) is 3. The van der Waals surface area contributed by atoms with Crippen LogP contribution in [0, 0.1) is 0 Å². The van der Waals surface area contributed by atoms with E-state index in [9.17, 15) is 9.90 Å². The Hall–Kier alpha value is -1.95. The van der Waals surface area contributed by atoms with Crippen molar-refractivity contribution in [2.24, 2.45) is 5.73 Å². The summed E-state index contributed by atoms with van der Waals surface area (Å²) >= 11 is 0. The number of amides is 1. The molecule has 6 nitrogen and oxygen atoms in total. The predicted molar refractivity (Wildman–Crippen MR) is 73.9 cm³/mol. The highest BCUT2D eigenvalue weighted by atomic mass is 16.6. The molecule has 1 rings (SSSR count). The van der Waals surface area contributed by atoms with Gasteiger partial charge in [-0.1, -0.05) is 6.92 Å². The van der Waals surface area contributed by atoms with Crippen molar-refractivity contribution >= 4 is 6.09 Å². The van der Waals surface area contributed by atoms with E-state index in [2.05, 4.69) is 0 Å². The summed E-state index contributed by atoms with van der Waals surface area (Å²) in [5, 5.41) is 9.29. The first kappa shape index (κ1) is 16.1. The fourth-order valence-corrected chi connectivity index (χ4v) is 1.99. The Morgan fingerprint density at radius 2 is 1.80 bits per heavy atom. The highest BCUT2D eigenvalue weighted by Crippen LogP contribution is 2.30. The number of rotatable bonds is 7. The van der Waals surface area contributed by atoms with E-state index < -0.39 is 6.09 Å². The predicted octanol–water partition coefficient (Wildman–Crippen LogP) is 1.61. The van der Waals surface area contributed by atoms with Gasteiger partial charge in [0.15, 0.2) is 0 Å². The zero-order valence-corrected chi connectivity index (χ0v) is 12.0. The summed E-state index contributed by atoms with van der Waals surface area (Å²) in [4.78, 5) is 10.8. The maximum Gasteiger partial charge on any atom is 0.404 e. The van der Waals surface area contributed by atoms with E-state index in [4.69, 9.17) is 19.9 Å². The average Bonchev–Trinajstić information content (AvgIpc) is 2.45. The van der Waals surface area contributed by atoms with Gasteiger partial charge in [-0.25, -0.2) is 4.79 Å². The van der Waals surface area contributed by atoms with Crippen LogP contribution in [0.15, 0.2) is 12.1 Å². The van der Waals surface area contributed by atoms with Crippen molar-refractivity contribution in [2.75, 3.05) is 14.2 Å². The van der Waals surface area contributed by atoms with Crippen molar-refractivity contribution in [2.45, 2.75) is 32.5 Å². The molecule has 1 unspecified atom stereocenters. The van der Waals surface area contributed by atoms with Gasteiger partial charge in [0.2, 0.25) is 0 Å². The minimum atomic E-state index is -0.797. The first-order valence-corrected chi connectivity index (χ1v) is 6.36. The maximum absolute atomic E-state index is 10.8. The number of benzene rings is 1. The minimum Gasteiger partial charge on any atom is -0.496 e. The van der Waals surface area contributed by atoms with E-state index in [1.807, 2.05) is 6.92 Å². The van der Waals surface area contributed by atoms with Gasteiger partial charge in [-0.15, -0.1) is 0 Å². The molecule has 1 aromatic carbocycles. The summed E-state index contributed by atoms with van der Waals surface area (Å²) in [6, 6.07) is 3.49. The summed E-state index contributed by atoms with van der Waals surface area (Å²) < 4.78 is 15.6. The van der Waals surface area contributed by atoms with Crippen LogP contribution in [0.5, 0.6) is 11.5 Å². The van der Waals surface area contributed by atoms with Crippen molar-refractivity contribution < 1.29 is 24.1 Å². The van der Waals surface area contributed by atoms with Gasteiger partial charge in [0, 0.05) is 17.5 Å². The van der Waals surface area contributed by atoms with E-state index in [1.54, 1.807) is 19.2 Å². The fraction of sp³-hybridized carbons (Fsp3) is 0.500. The van der Waals surface area contributed by atoms with E-state index >= 15 is 0 Å². The smallest absolute Gasteiger partial charge is 0.404 e. The maximum atomic E-state index is 10.8. The Morgan fingerprint density at radius 3 is 2.25 bits per heavy atom. The second-order valence-corrected chi connectivity index (χ2v) is 4.31. The Labute approximate surface area is 118 Å². The summed E-state index contributed by atoms with van der Waals surface area (Å²) in [6.45, 7) is 1.76. The molecular formula is C14H21NO5. The van der Waals surface area contributed by atoms with Gasteiger partial charge >= 0.3 is 6.09 Å². The van der Waals surface area contributed by atoms with Crippen molar-refractivity contribution in [3.8, 4) is 11.5 Å². The second-order valence-electron chi connectivity index (χ2n) is 4.31. The molecule has 1 atom stereocenters. The van der Waals surface area contributed by atoms with Crippen LogP contribution in [-0.4, -0.2) is 31.5 Å². The Balaban J connectivity index is 3.05. The summed E-state index contributed by atoms with van der Waals surface area (Å²) in [7, 11) is 3.07. The van der Waals surface area contributed by atoms with Gasteiger partial charge < -0.3 is 25.1 Å². The third-order valence-electron chi connectivity index (χ3n) is 3.04. The molecule has 0 radical (unpaired) electrons. The molecule has 0 saturated carbocycles. The van der Waals surface area contributed by atoms with Gasteiger partial charge in [0.1, 0.15) is 17.6 Å². The van der Waals surface area contributed by atoms with Crippen LogP contribution in [-0.2, 0) is 17.8 Å². The number of nitrogens with two attached hydrogens (primary N) is 1. The molecule has 0 aliphatic rings. The fourth-order valence-electron chi connectivity index (χ4n) is 1.99. The third-order valence-corrected chi connectivity index (χ3v) is 3.04. The van der Waals surface area contributed by atoms with E-state index in [1.165, 1.54) is 7.11 Å². The van der Waals surface area contributed by atoms with Crippen LogP contribution in [0.3, 0.4) is 0 Å². The molecule has 0 bridgehead atoms. The van der Waals surface area contributed by atoms with Crippen molar-refractivity contribution in [1.29, 1.82) is 0 Å². The van der Waals surface area contributed by atoms with Gasteiger partial charge in [0.25, 0.3) is 0 Å². The van der Waals surface area contributed by atoms with Crippen LogP contribution in [0.2, 0.25) is 0 Å². The second kappa shape index (κ2) is 7.59. The number of carbonyl (C=O) groups is 1. The Kier molecular flexibility index (Phi) is 6.11. The highest BCUT2D eigenvalue weighted by molar-refractivity contribution is 5.64.